The second kappa shape index (κ2) is 4.97. The summed E-state index contributed by atoms with van der Waals surface area (Å²) in [5.74, 6) is 0.120. The molecule has 1 amide bonds. The van der Waals surface area contributed by atoms with Crippen molar-refractivity contribution in [1.29, 1.82) is 0 Å². The van der Waals surface area contributed by atoms with Crippen molar-refractivity contribution in [3.05, 3.63) is 38.0 Å². The molecule has 20 heavy (non-hydrogen) atoms. The van der Waals surface area contributed by atoms with Crippen LogP contribution in [0, 0.1) is 0 Å². The van der Waals surface area contributed by atoms with Crippen molar-refractivity contribution >= 4 is 28.6 Å². The van der Waals surface area contributed by atoms with E-state index in [0.717, 1.165) is 29.4 Å². The van der Waals surface area contributed by atoms with Crippen molar-refractivity contribution in [3.63, 3.8) is 0 Å². The summed E-state index contributed by atoms with van der Waals surface area (Å²) in [6.07, 6.45) is 2.71. The largest absolute Gasteiger partial charge is 0.333 e. The van der Waals surface area contributed by atoms with Gasteiger partial charge in [0.05, 0.1) is 11.2 Å². The molecule has 0 radical (unpaired) electrons. The second-order valence-electron chi connectivity index (χ2n) is 6.13. The van der Waals surface area contributed by atoms with Gasteiger partial charge in [0.25, 0.3) is 5.91 Å². The molecular weight excluding hydrogens is 288 g/mol. The van der Waals surface area contributed by atoms with E-state index in [4.69, 9.17) is 0 Å². The maximum absolute atomic E-state index is 12.6. The number of hydrogen-bond acceptors (Lipinski definition) is 4. The molecule has 0 bridgehead atoms. The van der Waals surface area contributed by atoms with Crippen LogP contribution in [0.1, 0.15) is 45.9 Å². The van der Waals surface area contributed by atoms with Gasteiger partial charge in [0.15, 0.2) is 0 Å². The van der Waals surface area contributed by atoms with Crippen LogP contribution in [0.3, 0.4) is 0 Å². The van der Waals surface area contributed by atoms with E-state index < -0.39 is 0 Å². The van der Waals surface area contributed by atoms with Crippen LogP contribution in [-0.4, -0.2) is 22.3 Å². The zero-order valence-electron chi connectivity index (χ0n) is 12.0. The van der Waals surface area contributed by atoms with Crippen LogP contribution in [-0.2, 0) is 18.4 Å². The number of carbonyl (C=O) groups excluding carboxylic acids is 1. The quantitative estimate of drug-likeness (QED) is 0.805. The standard InChI is InChI=1S/C15H18N2OS2/c1-15(2,3)14-16-8-12(20-14)13(18)17-6-4-11-10(9-17)5-7-19-11/h5,7-8H,4,6,9H2,1-3H3. The molecule has 0 saturated heterocycles. The Morgan fingerprint density at radius 1 is 1.40 bits per heavy atom. The van der Waals surface area contributed by atoms with E-state index in [1.807, 2.05) is 4.90 Å². The topological polar surface area (TPSA) is 33.2 Å². The molecule has 0 unspecified atom stereocenters. The van der Waals surface area contributed by atoms with Gasteiger partial charge in [0.2, 0.25) is 0 Å². The van der Waals surface area contributed by atoms with Crippen LogP contribution in [0.15, 0.2) is 17.6 Å². The van der Waals surface area contributed by atoms with Gasteiger partial charge in [-0.2, -0.15) is 0 Å². The number of nitrogens with zero attached hydrogens (tertiary/aromatic N) is 2. The summed E-state index contributed by atoms with van der Waals surface area (Å²) in [6.45, 7) is 7.92. The van der Waals surface area contributed by atoms with Gasteiger partial charge in [0, 0.05) is 23.4 Å². The zero-order valence-corrected chi connectivity index (χ0v) is 13.6. The first kappa shape index (κ1) is 13.8. The highest BCUT2D eigenvalue weighted by molar-refractivity contribution is 7.13. The number of thiazole rings is 1. The first-order chi connectivity index (χ1) is 9.45. The molecule has 2 aromatic rings. The van der Waals surface area contributed by atoms with Gasteiger partial charge >= 0.3 is 0 Å². The van der Waals surface area contributed by atoms with Gasteiger partial charge in [0.1, 0.15) is 4.88 Å². The third kappa shape index (κ3) is 2.52. The summed E-state index contributed by atoms with van der Waals surface area (Å²) in [4.78, 5) is 21.1. The van der Waals surface area contributed by atoms with E-state index >= 15 is 0 Å². The Kier molecular flexibility index (Phi) is 3.42. The van der Waals surface area contributed by atoms with Crippen LogP contribution < -0.4 is 0 Å². The second-order valence-corrected chi connectivity index (χ2v) is 8.16. The van der Waals surface area contributed by atoms with E-state index in [2.05, 4.69) is 37.2 Å². The van der Waals surface area contributed by atoms with E-state index in [1.165, 1.54) is 21.8 Å². The SMILES string of the molecule is CC(C)(C)c1ncc(C(=O)N2CCc3sccc3C2)s1. The Balaban J connectivity index is 1.79. The lowest BCUT2D eigenvalue weighted by molar-refractivity contribution is 0.0740. The van der Waals surface area contributed by atoms with Crippen molar-refractivity contribution < 1.29 is 4.79 Å². The molecule has 3 rings (SSSR count). The predicted molar refractivity (Wildman–Crippen MR) is 83.6 cm³/mol. The van der Waals surface area contributed by atoms with Crippen LogP contribution >= 0.6 is 22.7 Å². The molecule has 0 fully saturated rings. The summed E-state index contributed by atoms with van der Waals surface area (Å²) in [5.41, 5.74) is 1.31. The van der Waals surface area contributed by atoms with Crippen molar-refractivity contribution in [1.82, 2.24) is 9.88 Å². The fourth-order valence-electron chi connectivity index (χ4n) is 2.30. The molecule has 0 N–H and O–H groups in total. The van der Waals surface area contributed by atoms with Gasteiger partial charge in [-0.05, 0) is 23.4 Å². The fourth-order valence-corrected chi connectivity index (χ4v) is 4.13. The molecule has 0 atom stereocenters. The number of rotatable bonds is 1. The molecule has 1 aliphatic rings. The third-order valence-corrected chi connectivity index (χ3v) is 5.89. The van der Waals surface area contributed by atoms with E-state index in [0.29, 0.717) is 0 Å². The Labute approximate surface area is 127 Å². The van der Waals surface area contributed by atoms with Gasteiger partial charge in [-0.3, -0.25) is 4.79 Å². The minimum Gasteiger partial charge on any atom is -0.333 e. The lowest BCUT2D eigenvalue weighted by atomic mass is 9.98. The molecule has 1 aliphatic heterocycles. The van der Waals surface area contributed by atoms with Crippen LogP contribution in [0.2, 0.25) is 0 Å². The van der Waals surface area contributed by atoms with E-state index in [9.17, 15) is 4.79 Å². The number of hydrogen-bond donors (Lipinski definition) is 0. The minimum atomic E-state index is 0.00558. The highest BCUT2D eigenvalue weighted by Crippen LogP contribution is 2.29. The summed E-state index contributed by atoms with van der Waals surface area (Å²) in [6, 6.07) is 2.13. The molecule has 0 aromatic carbocycles. The number of amides is 1. The lowest BCUT2D eigenvalue weighted by Crippen LogP contribution is -2.34. The number of thiophene rings is 1. The molecule has 106 valence electrons. The molecule has 5 heteroatoms. The first-order valence-electron chi connectivity index (χ1n) is 6.76. The fraction of sp³-hybridized carbons (Fsp3) is 0.467. The number of carbonyl (C=O) groups is 1. The van der Waals surface area contributed by atoms with Gasteiger partial charge in [-0.15, -0.1) is 22.7 Å². The third-order valence-electron chi connectivity index (χ3n) is 3.45. The summed E-state index contributed by atoms with van der Waals surface area (Å²) >= 11 is 3.32. The van der Waals surface area contributed by atoms with E-state index in [-0.39, 0.29) is 11.3 Å². The minimum absolute atomic E-state index is 0.00558. The normalized spacial score (nSPS) is 15.2. The average molecular weight is 306 g/mol. The number of fused-ring (bicyclic) bond motifs is 1. The maximum Gasteiger partial charge on any atom is 0.265 e. The van der Waals surface area contributed by atoms with Crippen molar-refractivity contribution in [2.45, 2.75) is 39.2 Å². The summed E-state index contributed by atoms with van der Waals surface area (Å²) in [5, 5.41) is 3.14. The molecule has 0 spiro atoms. The molecule has 0 aliphatic carbocycles. The number of aromatic nitrogens is 1. The van der Waals surface area contributed by atoms with Crippen molar-refractivity contribution in [3.8, 4) is 0 Å². The Bertz CT molecular complexity index is 636. The highest BCUT2D eigenvalue weighted by atomic mass is 32.1. The summed E-state index contributed by atoms with van der Waals surface area (Å²) in [7, 11) is 0. The van der Waals surface area contributed by atoms with Gasteiger partial charge in [-0.1, -0.05) is 20.8 Å². The van der Waals surface area contributed by atoms with Gasteiger partial charge < -0.3 is 4.90 Å². The Hall–Kier alpha value is -1.20. The predicted octanol–water partition coefficient (Wildman–Crippen LogP) is 3.70. The van der Waals surface area contributed by atoms with E-state index in [1.54, 1.807) is 17.5 Å². The maximum atomic E-state index is 12.6. The molecular formula is C15H18N2OS2. The molecule has 3 nitrogen and oxygen atoms in total. The molecule has 0 saturated carbocycles. The van der Waals surface area contributed by atoms with Crippen LogP contribution in [0.5, 0.6) is 0 Å². The monoisotopic (exact) mass is 306 g/mol. The smallest absolute Gasteiger partial charge is 0.265 e. The van der Waals surface area contributed by atoms with Crippen LogP contribution in [0.4, 0.5) is 0 Å². The average Bonchev–Trinajstić information content (AvgIpc) is 3.05. The summed E-state index contributed by atoms with van der Waals surface area (Å²) < 4.78 is 0. The van der Waals surface area contributed by atoms with Crippen LogP contribution in [0.25, 0.3) is 0 Å². The zero-order chi connectivity index (χ0) is 14.3. The molecule has 3 heterocycles. The Morgan fingerprint density at radius 2 is 2.20 bits per heavy atom. The lowest BCUT2D eigenvalue weighted by Gasteiger charge is -2.26. The van der Waals surface area contributed by atoms with Crippen molar-refractivity contribution in [2.24, 2.45) is 0 Å². The highest BCUT2D eigenvalue weighted by Gasteiger charge is 2.26. The van der Waals surface area contributed by atoms with Crippen molar-refractivity contribution in [2.75, 3.05) is 6.54 Å². The Morgan fingerprint density at radius 3 is 2.90 bits per heavy atom. The first-order valence-corrected chi connectivity index (χ1v) is 8.45. The molecule has 2 aromatic heterocycles. The van der Waals surface area contributed by atoms with Gasteiger partial charge in [-0.25, -0.2) is 4.98 Å².